The molecule has 1 aromatic heterocycles. The number of thiazole rings is 1. The van der Waals surface area contributed by atoms with Crippen LogP contribution in [0.2, 0.25) is 0 Å². The zero-order valence-electron chi connectivity index (χ0n) is 4.09. The van der Waals surface area contributed by atoms with Gasteiger partial charge in [0.1, 0.15) is 6.07 Å². The topological polar surface area (TPSA) is 36.7 Å². The molecule has 0 saturated heterocycles. The van der Waals surface area contributed by atoms with Crippen molar-refractivity contribution in [3.05, 3.63) is 23.0 Å². The van der Waals surface area contributed by atoms with Gasteiger partial charge in [0, 0.05) is 11.1 Å². The van der Waals surface area contributed by atoms with Crippen LogP contribution in [0.4, 0.5) is 0 Å². The summed E-state index contributed by atoms with van der Waals surface area (Å²) in [6, 6.07) is 1.92. The minimum absolute atomic E-state index is 0.481. The molecule has 0 aliphatic carbocycles. The molecule has 8 heavy (non-hydrogen) atoms. The van der Waals surface area contributed by atoms with Crippen LogP contribution in [0.15, 0.2) is 6.20 Å². The SMILES string of the molecule is [CH2]c1cnc(C#N)s1. The van der Waals surface area contributed by atoms with Gasteiger partial charge in [-0.3, -0.25) is 0 Å². The number of hydrogen-bond donors (Lipinski definition) is 0. The van der Waals surface area contributed by atoms with E-state index >= 15 is 0 Å². The van der Waals surface area contributed by atoms with Gasteiger partial charge in [-0.25, -0.2) is 4.98 Å². The highest BCUT2D eigenvalue weighted by atomic mass is 32.1. The standard InChI is InChI=1S/C5H3N2S/c1-4-3-7-5(2-6)8-4/h3H,1H2. The number of hydrogen-bond acceptors (Lipinski definition) is 3. The van der Waals surface area contributed by atoms with E-state index in [1.54, 1.807) is 6.20 Å². The number of aromatic nitrogens is 1. The maximum absolute atomic E-state index is 8.22. The molecule has 0 N–H and O–H groups in total. The van der Waals surface area contributed by atoms with Gasteiger partial charge in [-0.1, -0.05) is 0 Å². The van der Waals surface area contributed by atoms with Gasteiger partial charge in [0.15, 0.2) is 5.01 Å². The summed E-state index contributed by atoms with van der Waals surface area (Å²) in [7, 11) is 0. The first kappa shape index (κ1) is 5.26. The van der Waals surface area contributed by atoms with Crippen LogP contribution >= 0.6 is 11.3 Å². The van der Waals surface area contributed by atoms with Gasteiger partial charge in [-0.15, -0.1) is 11.3 Å². The van der Waals surface area contributed by atoms with Gasteiger partial charge < -0.3 is 0 Å². The van der Waals surface area contributed by atoms with Crippen molar-refractivity contribution >= 4 is 11.3 Å². The number of rotatable bonds is 0. The van der Waals surface area contributed by atoms with E-state index in [1.165, 1.54) is 11.3 Å². The van der Waals surface area contributed by atoms with Crippen molar-refractivity contribution in [3.63, 3.8) is 0 Å². The molecule has 39 valence electrons. The summed E-state index contributed by atoms with van der Waals surface area (Å²) in [5.41, 5.74) is 0. The predicted molar refractivity (Wildman–Crippen MR) is 31.3 cm³/mol. The van der Waals surface area contributed by atoms with Gasteiger partial charge in [-0.2, -0.15) is 5.26 Å². The summed E-state index contributed by atoms with van der Waals surface area (Å²) in [5.74, 6) is 0. The van der Waals surface area contributed by atoms with Crippen LogP contribution in [-0.2, 0) is 0 Å². The molecule has 1 radical (unpaired) electrons. The lowest BCUT2D eigenvalue weighted by Gasteiger charge is -1.66. The first-order valence-electron chi connectivity index (χ1n) is 2.01. The fourth-order valence-corrected chi connectivity index (χ4v) is 0.864. The molecule has 0 amide bonds. The molecule has 0 unspecified atom stereocenters. The minimum atomic E-state index is 0.481. The van der Waals surface area contributed by atoms with Gasteiger partial charge in [0.25, 0.3) is 0 Å². The zero-order valence-corrected chi connectivity index (χ0v) is 4.90. The third-order valence-corrected chi connectivity index (χ3v) is 1.41. The average molecular weight is 123 g/mol. The van der Waals surface area contributed by atoms with Crippen LogP contribution in [-0.4, -0.2) is 4.98 Å². The normalized spacial score (nSPS) is 8.50. The Bertz CT molecular complexity index is 221. The second-order valence-electron chi connectivity index (χ2n) is 1.24. The molecule has 1 aromatic rings. The van der Waals surface area contributed by atoms with E-state index in [4.69, 9.17) is 5.26 Å². The Morgan fingerprint density at radius 2 is 2.62 bits per heavy atom. The molecule has 0 aromatic carbocycles. The lowest BCUT2D eigenvalue weighted by atomic mass is 10.6. The fraction of sp³-hybridized carbons (Fsp3) is 0. The predicted octanol–water partition coefficient (Wildman–Crippen LogP) is 1.20. The summed E-state index contributed by atoms with van der Waals surface area (Å²) in [5, 5.41) is 8.70. The van der Waals surface area contributed by atoms with Crippen LogP contribution in [0.1, 0.15) is 9.88 Å². The number of nitrogens with zero attached hydrogens (tertiary/aromatic N) is 2. The van der Waals surface area contributed by atoms with Crippen LogP contribution in [0.5, 0.6) is 0 Å². The van der Waals surface area contributed by atoms with Gasteiger partial charge in [-0.05, 0) is 6.92 Å². The van der Waals surface area contributed by atoms with E-state index in [0.717, 1.165) is 4.88 Å². The van der Waals surface area contributed by atoms with Crippen LogP contribution in [0.3, 0.4) is 0 Å². The Morgan fingerprint density at radius 3 is 2.88 bits per heavy atom. The molecule has 0 aliphatic heterocycles. The van der Waals surface area contributed by atoms with E-state index in [-0.39, 0.29) is 0 Å². The molecule has 0 atom stereocenters. The Kier molecular flexibility index (Phi) is 1.27. The zero-order chi connectivity index (χ0) is 5.98. The van der Waals surface area contributed by atoms with Crippen LogP contribution < -0.4 is 0 Å². The Labute approximate surface area is 51.4 Å². The molecule has 0 saturated carbocycles. The van der Waals surface area contributed by atoms with Crippen molar-refractivity contribution in [2.75, 3.05) is 0 Å². The summed E-state index contributed by atoms with van der Waals surface area (Å²) in [4.78, 5) is 4.56. The van der Waals surface area contributed by atoms with Crippen LogP contribution in [0.25, 0.3) is 0 Å². The van der Waals surface area contributed by atoms with E-state index < -0.39 is 0 Å². The maximum atomic E-state index is 8.22. The van der Waals surface area contributed by atoms with Crippen LogP contribution in [0, 0.1) is 18.3 Å². The van der Waals surface area contributed by atoms with Gasteiger partial charge >= 0.3 is 0 Å². The highest BCUT2D eigenvalue weighted by molar-refractivity contribution is 7.12. The first-order valence-corrected chi connectivity index (χ1v) is 2.82. The highest BCUT2D eigenvalue weighted by Gasteiger charge is 1.92. The fourth-order valence-electron chi connectivity index (χ4n) is 0.359. The Morgan fingerprint density at radius 1 is 1.88 bits per heavy atom. The molecule has 2 nitrogen and oxygen atoms in total. The third-order valence-electron chi connectivity index (χ3n) is 0.649. The van der Waals surface area contributed by atoms with Crippen molar-refractivity contribution < 1.29 is 0 Å². The molecule has 1 rings (SSSR count). The quantitative estimate of drug-likeness (QED) is 0.519. The average Bonchev–Trinajstić information content (AvgIpc) is 2.14. The molecular formula is C5H3N2S. The Balaban J connectivity index is 3.05. The van der Waals surface area contributed by atoms with Crippen molar-refractivity contribution in [2.45, 2.75) is 0 Å². The molecule has 0 aliphatic rings. The van der Waals surface area contributed by atoms with E-state index in [9.17, 15) is 0 Å². The van der Waals surface area contributed by atoms with E-state index in [1.807, 2.05) is 6.07 Å². The third kappa shape index (κ3) is 0.849. The second-order valence-corrected chi connectivity index (χ2v) is 2.36. The first-order chi connectivity index (χ1) is 3.83. The monoisotopic (exact) mass is 123 g/mol. The van der Waals surface area contributed by atoms with Crippen molar-refractivity contribution in [1.82, 2.24) is 4.98 Å². The minimum Gasteiger partial charge on any atom is -0.234 e. The maximum Gasteiger partial charge on any atom is 0.194 e. The molecule has 1 heterocycles. The van der Waals surface area contributed by atoms with E-state index in [2.05, 4.69) is 11.9 Å². The molecular weight excluding hydrogens is 120 g/mol. The smallest absolute Gasteiger partial charge is 0.194 e. The largest absolute Gasteiger partial charge is 0.234 e. The van der Waals surface area contributed by atoms with Gasteiger partial charge in [0.05, 0.1) is 0 Å². The number of nitriles is 1. The lowest BCUT2D eigenvalue weighted by molar-refractivity contribution is 1.35. The molecule has 0 spiro atoms. The Hall–Kier alpha value is -0.880. The summed E-state index contributed by atoms with van der Waals surface area (Å²) in [6.45, 7) is 3.59. The molecule has 0 bridgehead atoms. The highest BCUT2D eigenvalue weighted by Crippen LogP contribution is 2.08. The molecule has 0 fully saturated rings. The summed E-state index contributed by atoms with van der Waals surface area (Å²) in [6.07, 6.45) is 1.59. The second kappa shape index (κ2) is 1.93. The van der Waals surface area contributed by atoms with Crippen molar-refractivity contribution in [3.8, 4) is 6.07 Å². The molecule has 3 heteroatoms. The lowest BCUT2D eigenvalue weighted by Crippen LogP contribution is -1.61. The summed E-state index contributed by atoms with van der Waals surface area (Å²) < 4.78 is 0. The summed E-state index contributed by atoms with van der Waals surface area (Å²) >= 11 is 1.30. The van der Waals surface area contributed by atoms with Crippen molar-refractivity contribution in [1.29, 1.82) is 5.26 Å². The van der Waals surface area contributed by atoms with Gasteiger partial charge in [0.2, 0.25) is 0 Å². The van der Waals surface area contributed by atoms with Crippen molar-refractivity contribution in [2.24, 2.45) is 0 Å². The van der Waals surface area contributed by atoms with E-state index in [0.29, 0.717) is 5.01 Å².